The first-order chi connectivity index (χ1) is 12.4. The van der Waals surface area contributed by atoms with E-state index in [1.807, 2.05) is 24.3 Å². The average molecular weight is 355 g/mol. The second-order valence-electron chi connectivity index (χ2n) is 5.72. The molecule has 0 heterocycles. The Labute approximate surface area is 151 Å². The van der Waals surface area contributed by atoms with Crippen LogP contribution in [0.15, 0.2) is 48.6 Å². The summed E-state index contributed by atoms with van der Waals surface area (Å²) in [5, 5.41) is 9.85. The van der Waals surface area contributed by atoms with E-state index in [0.29, 0.717) is 16.9 Å². The van der Waals surface area contributed by atoms with Gasteiger partial charge in [-0.3, -0.25) is 4.79 Å². The van der Waals surface area contributed by atoms with Crippen LogP contribution in [0.5, 0.6) is 0 Å². The minimum absolute atomic E-state index is 0.0371. The smallest absolute Gasteiger partial charge is 0.333 e. The van der Waals surface area contributed by atoms with Gasteiger partial charge in [0.2, 0.25) is 5.91 Å². The number of anilines is 2. The Kier molecular flexibility index (Phi) is 6.32. The minimum Gasteiger partial charge on any atom is -0.460 e. The molecule has 3 amide bonds. The van der Waals surface area contributed by atoms with Crippen molar-refractivity contribution >= 4 is 40.1 Å². The molecule has 0 saturated heterocycles. The number of hydrogen-bond acceptors (Lipinski definition) is 4. The van der Waals surface area contributed by atoms with Gasteiger partial charge < -0.3 is 20.7 Å². The van der Waals surface area contributed by atoms with Gasteiger partial charge in [-0.25, -0.2) is 9.59 Å². The highest BCUT2D eigenvalue weighted by Gasteiger charge is 2.10. The first-order valence-corrected chi connectivity index (χ1v) is 8.04. The predicted octanol–water partition coefficient (Wildman–Crippen LogP) is 3.04. The van der Waals surface area contributed by atoms with Crippen molar-refractivity contribution < 1.29 is 19.1 Å². The number of ether oxygens (including phenoxy) is 1. The summed E-state index contributed by atoms with van der Waals surface area (Å²) in [5.41, 5.74) is 1.26. The van der Waals surface area contributed by atoms with Crippen molar-refractivity contribution in [3.63, 3.8) is 0 Å². The van der Waals surface area contributed by atoms with Crippen LogP contribution < -0.4 is 16.0 Å². The Morgan fingerprint density at radius 3 is 2.12 bits per heavy atom. The summed E-state index contributed by atoms with van der Waals surface area (Å²) in [6, 6.07) is 10.7. The highest BCUT2D eigenvalue weighted by Crippen LogP contribution is 2.28. The van der Waals surface area contributed by atoms with E-state index in [9.17, 15) is 14.4 Å². The Bertz CT molecular complexity index is 861. The van der Waals surface area contributed by atoms with Crippen LogP contribution >= 0.6 is 0 Å². The third-order valence-electron chi connectivity index (χ3n) is 3.41. The second kappa shape index (κ2) is 8.66. The van der Waals surface area contributed by atoms with Crippen molar-refractivity contribution in [3.05, 3.63) is 48.6 Å². The summed E-state index contributed by atoms with van der Waals surface area (Å²) >= 11 is 0. The largest absolute Gasteiger partial charge is 0.460 e. The van der Waals surface area contributed by atoms with Crippen molar-refractivity contribution in [3.8, 4) is 0 Å². The van der Waals surface area contributed by atoms with E-state index in [0.717, 1.165) is 10.8 Å². The van der Waals surface area contributed by atoms with Crippen molar-refractivity contribution in [2.45, 2.75) is 13.8 Å². The molecule has 0 bridgehead atoms. The van der Waals surface area contributed by atoms with E-state index in [-0.39, 0.29) is 19.1 Å². The van der Waals surface area contributed by atoms with E-state index >= 15 is 0 Å². The number of amides is 3. The number of urea groups is 1. The molecule has 2 rings (SSSR count). The summed E-state index contributed by atoms with van der Waals surface area (Å²) in [6.07, 6.45) is 0. The summed E-state index contributed by atoms with van der Waals surface area (Å²) in [6.45, 7) is 6.60. The van der Waals surface area contributed by atoms with Gasteiger partial charge in [-0.15, -0.1) is 0 Å². The third-order valence-corrected chi connectivity index (χ3v) is 3.41. The van der Waals surface area contributed by atoms with Crippen LogP contribution in [-0.4, -0.2) is 31.1 Å². The molecule has 0 fully saturated rings. The van der Waals surface area contributed by atoms with Crippen molar-refractivity contribution in [2.75, 3.05) is 23.8 Å². The van der Waals surface area contributed by atoms with Gasteiger partial charge >= 0.3 is 12.0 Å². The number of carbonyl (C=O) groups excluding carboxylic acids is 3. The highest BCUT2D eigenvalue weighted by molar-refractivity contribution is 6.03. The Balaban J connectivity index is 2.03. The number of rotatable bonds is 6. The molecule has 0 radical (unpaired) electrons. The summed E-state index contributed by atoms with van der Waals surface area (Å²) < 4.78 is 4.90. The van der Waals surface area contributed by atoms with E-state index < -0.39 is 12.0 Å². The number of esters is 1. The zero-order valence-corrected chi connectivity index (χ0v) is 14.7. The predicted molar refractivity (Wildman–Crippen MR) is 101 cm³/mol. The normalized spacial score (nSPS) is 10.1. The monoisotopic (exact) mass is 355 g/mol. The van der Waals surface area contributed by atoms with Gasteiger partial charge in [0.15, 0.2) is 0 Å². The van der Waals surface area contributed by atoms with Crippen LogP contribution in [0.3, 0.4) is 0 Å². The van der Waals surface area contributed by atoms with Crippen LogP contribution in [-0.2, 0) is 14.3 Å². The first-order valence-electron chi connectivity index (χ1n) is 8.04. The molecule has 0 aromatic heterocycles. The molecule has 3 N–H and O–H groups in total. The lowest BCUT2D eigenvalue weighted by molar-refractivity contribution is -0.138. The number of hydrogen-bond donors (Lipinski definition) is 3. The summed E-state index contributed by atoms with van der Waals surface area (Å²) in [5.74, 6) is -0.745. The van der Waals surface area contributed by atoms with E-state index in [1.54, 1.807) is 19.1 Å². The minimum atomic E-state index is -0.505. The average Bonchev–Trinajstić information content (AvgIpc) is 2.58. The van der Waals surface area contributed by atoms with E-state index in [1.165, 1.54) is 6.92 Å². The molecule has 0 aliphatic heterocycles. The summed E-state index contributed by atoms with van der Waals surface area (Å²) in [7, 11) is 0. The molecule has 2 aromatic carbocycles. The molecule has 7 heteroatoms. The molecule has 2 aromatic rings. The van der Waals surface area contributed by atoms with E-state index in [4.69, 9.17) is 4.74 Å². The van der Waals surface area contributed by atoms with Crippen LogP contribution in [0.1, 0.15) is 13.8 Å². The Hall–Kier alpha value is -3.35. The SMILES string of the molecule is C=C(C)C(=O)OCCNC(=O)Nc1cc2ccccc2cc1NC(C)=O. The fourth-order valence-electron chi connectivity index (χ4n) is 2.23. The van der Waals surface area contributed by atoms with Crippen LogP contribution in [0, 0.1) is 0 Å². The van der Waals surface area contributed by atoms with Gasteiger partial charge in [0.1, 0.15) is 6.61 Å². The number of carbonyl (C=O) groups is 3. The zero-order chi connectivity index (χ0) is 19.1. The number of fused-ring (bicyclic) bond motifs is 1. The lowest BCUT2D eigenvalue weighted by atomic mass is 10.1. The van der Waals surface area contributed by atoms with Gasteiger partial charge in [-0.05, 0) is 29.8 Å². The summed E-state index contributed by atoms with van der Waals surface area (Å²) in [4.78, 5) is 34.8. The number of nitrogens with one attached hydrogen (secondary N) is 3. The van der Waals surface area contributed by atoms with Crippen LogP contribution in [0.2, 0.25) is 0 Å². The van der Waals surface area contributed by atoms with Crippen LogP contribution in [0.25, 0.3) is 10.8 Å². The maximum atomic E-state index is 12.1. The molecule has 0 atom stereocenters. The molecule has 26 heavy (non-hydrogen) atoms. The first kappa shape index (κ1) is 19.0. The van der Waals surface area contributed by atoms with Crippen molar-refractivity contribution in [1.29, 1.82) is 0 Å². The maximum Gasteiger partial charge on any atom is 0.333 e. The topological polar surface area (TPSA) is 96.5 Å². The fourth-order valence-corrected chi connectivity index (χ4v) is 2.23. The standard InChI is InChI=1S/C19H21N3O4/c1-12(2)18(24)26-9-8-20-19(25)22-17-11-15-7-5-4-6-14(15)10-16(17)21-13(3)23/h4-7,10-11H,1,8-9H2,2-3H3,(H,21,23)(H2,20,22,25). The fraction of sp³-hybridized carbons (Fsp3) is 0.211. The van der Waals surface area contributed by atoms with Crippen molar-refractivity contribution in [1.82, 2.24) is 5.32 Å². The molecule has 0 aliphatic rings. The van der Waals surface area contributed by atoms with Gasteiger partial charge in [0.05, 0.1) is 17.9 Å². The van der Waals surface area contributed by atoms with Crippen molar-refractivity contribution in [2.24, 2.45) is 0 Å². The van der Waals surface area contributed by atoms with Gasteiger partial charge in [0, 0.05) is 12.5 Å². The molecular weight excluding hydrogens is 334 g/mol. The molecule has 0 aliphatic carbocycles. The van der Waals surface area contributed by atoms with Gasteiger partial charge in [0.25, 0.3) is 0 Å². The molecule has 0 unspecified atom stereocenters. The van der Waals surface area contributed by atoms with Gasteiger partial charge in [-0.2, -0.15) is 0 Å². The molecule has 0 spiro atoms. The second-order valence-corrected chi connectivity index (χ2v) is 5.72. The third kappa shape index (κ3) is 5.34. The van der Waals surface area contributed by atoms with Crippen LogP contribution in [0.4, 0.5) is 16.2 Å². The quantitative estimate of drug-likeness (QED) is 0.421. The Morgan fingerprint density at radius 2 is 1.58 bits per heavy atom. The molecular formula is C19H21N3O4. The lowest BCUT2D eigenvalue weighted by Crippen LogP contribution is -2.32. The zero-order valence-electron chi connectivity index (χ0n) is 14.7. The molecule has 7 nitrogen and oxygen atoms in total. The van der Waals surface area contributed by atoms with E-state index in [2.05, 4.69) is 22.5 Å². The van der Waals surface area contributed by atoms with Gasteiger partial charge in [-0.1, -0.05) is 30.8 Å². The molecule has 0 saturated carbocycles. The lowest BCUT2D eigenvalue weighted by Gasteiger charge is -2.14. The highest BCUT2D eigenvalue weighted by atomic mass is 16.5. The molecule has 136 valence electrons. The Morgan fingerprint density at radius 1 is 1.00 bits per heavy atom. The number of benzene rings is 2. The maximum absolute atomic E-state index is 12.1.